The summed E-state index contributed by atoms with van der Waals surface area (Å²) in [5.74, 6) is 0. The van der Waals surface area contributed by atoms with Crippen LogP contribution in [0, 0.1) is 0 Å². The smallest absolute Gasteiger partial charge is 0.0205 e. The van der Waals surface area contributed by atoms with Crippen LogP contribution in [0.3, 0.4) is 0 Å². The van der Waals surface area contributed by atoms with Crippen LogP contribution in [0.25, 0.3) is 0 Å². The maximum atomic E-state index is 7.00. The number of unbranched alkanes of at least 4 members (excludes halogenated alkanes) is 6. The molecule has 4 nitrogen and oxygen atoms in total. The predicted molar refractivity (Wildman–Crippen MR) is 177 cm³/mol. The Hall–Kier alpha value is -0.560. The maximum absolute atomic E-state index is 7.00. The average molecular weight is 613 g/mol. The fraction of sp³-hybridized carbons (Fsp3) is 0.600. The summed E-state index contributed by atoms with van der Waals surface area (Å²) in [5, 5.41) is 7.19. The van der Waals surface area contributed by atoms with Crippen molar-refractivity contribution in [2.75, 3.05) is 19.6 Å². The highest BCUT2D eigenvalue weighted by molar-refractivity contribution is 5.86. The van der Waals surface area contributed by atoms with E-state index >= 15 is 0 Å². The molecule has 38 heavy (non-hydrogen) atoms. The van der Waals surface area contributed by atoms with Gasteiger partial charge in [0.15, 0.2) is 0 Å². The summed E-state index contributed by atoms with van der Waals surface area (Å²) in [7, 11) is 0. The molecule has 0 spiro atoms. The molecule has 0 radical (unpaired) electrons. The number of rotatable bonds is 21. The third-order valence-corrected chi connectivity index (χ3v) is 6.78. The second-order valence-electron chi connectivity index (χ2n) is 9.91. The standard InChI is InChI=1S/C30H50N4.4ClH/c31-23-13-5-3-1-2-4-12-20-30(32,21-14-24-33-26-28-16-8-6-9-17-28)22-15-25-34-27-29-18-10-7-11-19-29;;;;/h6-11,16-19,33-34H,1-5,12-15,20-27,31-32H2;4*1H. The van der Waals surface area contributed by atoms with Crippen LogP contribution in [0.4, 0.5) is 0 Å². The molecule has 222 valence electrons. The van der Waals surface area contributed by atoms with Crippen LogP contribution in [0.5, 0.6) is 0 Å². The van der Waals surface area contributed by atoms with Gasteiger partial charge in [0, 0.05) is 18.6 Å². The van der Waals surface area contributed by atoms with E-state index in [2.05, 4.69) is 71.3 Å². The van der Waals surface area contributed by atoms with Crippen molar-refractivity contribution in [3.63, 3.8) is 0 Å². The van der Waals surface area contributed by atoms with Crippen molar-refractivity contribution in [3.05, 3.63) is 71.8 Å². The summed E-state index contributed by atoms with van der Waals surface area (Å²) in [4.78, 5) is 0. The van der Waals surface area contributed by atoms with Gasteiger partial charge in [-0.1, -0.05) is 99.2 Å². The number of nitrogens with one attached hydrogen (secondary N) is 2. The first-order valence-corrected chi connectivity index (χ1v) is 13.7. The van der Waals surface area contributed by atoms with Crippen LogP contribution in [0.15, 0.2) is 60.7 Å². The van der Waals surface area contributed by atoms with E-state index < -0.39 is 0 Å². The summed E-state index contributed by atoms with van der Waals surface area (Å²) in [5.41, 5.74) is 15.2. The Labute approximate surface area is 257 Å². The molecule has 6 N–H and O–H groups in total. The third kappa shape index (κ3) is 21.3. The second-order valence-corrected chi connectivity index (χ2v) is 9.91. The molecule has 0 amide bonds. The first kappa shape index (κ1) is 41.9. The SMILES string of the molecule is Cl.Cl.Cl.Cl.NCCCCCCCCCC(N)(CCCNCc1ccccc1)CCCNCc1ccccc1. The molecular formula is C30H54Cl4N4. The molecule has 0 bridgehead atoms. The van der Waals surface area contributed by atoms with Gasteiger partial charge in [-0.15, -0.1) is 49.6 Å². The van der Waals surface area contributed by atoms with Crippen LogP contribution in [0.2, 0.25) is 0 Å². The van der Waals surface area contributed by atoms with Gasteiger partial charge in [0.2, 0.25) is 0 Å². The summed E-state index contributed by atoms with van der Waals surface area (Å²) in [6.45, 7) is 4.76. The minimum Gasteiger partial charge on any atom is -0.330 e. The van der Waals surface area contributed by atoms with E-state index in [1.807, 2.05) is 0 Å². The zero-order chi connectivity index (χ0) is 24.2. The Bertz CT molecular complexity index is 673. The molecule has 0 heterocycles. The van der Waals surface area contributed by atoms with E-state index in [0.717, 1.165) is 64.8 Å². The van der Waals surface area contributed by atoms with Gasteiger partial charge < -0.3 is 22.1 Å². The van der Waals surface area contributed by atoms with Crippen LogP contribution in [-0.2, 0) is 13.1 Å². The molecule has 0 saturated heterocycles. The second kappa shape index (κ2) is 28.0. The van der Waals surface area contributed by atoms with Crippen molar-refractivity contribution in [1.29, 1.82) is 0 Å². The molecule has 0 aliphatic carbocycles. The fourth-order valence-corrected chi connectivity index (χ4v) is 4.67. The van der Waals surface area contributed by atoms with Crippen molar-refractivity contribution in [2.24, 2.45) is 11.5 Å². The Kier molecular flexibility index (Phi) is 30.9. The third-order valence-electron chi connectivity index (χ3n) is 6.78. The molecule has 2 aromatic carbocycles. The number of hydrogen-bond donors (Lipinski definition) is 4. The Balaban J connectivity index is -0.00000306. The molecule has 0 aliphatic rings. The minimum atomic E-state index is -0.0393. The normalized spacial score (nSPS) is 10.5. The van der Waals surface area contributed by atoms with Crippen molar-refractivity contribution in [3.8, 4) is 0 Å². The van der Waals surface area contributed by atoms with Crippen molar-refractivity contribution in [1.82, 2.24) is 10.6 Å². The minimum absolute atomic E-state index is 0. The largest absolute Gasteiger partial charge is 0.330 e. The van der Waals surface area contributed by atoms with Crippen LogP contribution >= 0.6 is 49.6 Å². The first-order valence-electron chi connectivity index (χ1n) is 13.7. The van der Waals surface area contributed by atoms with Crippen molar-refractivity contribution >= 4 is 49.6 Å². The van der Waals surface area contributed by atoms with Gasteiger partial charge in [-0.3, -0.25) is 0 Å². The summed E-state index contributed by atoms with van der Waals surface area (Å²) in [6.07, 6.45) is 14.6. The molecule has 8 heteroatoms. The number of halogens is 4. The highest BCUT2D eigenvalue weighted by Crippen LogP contribution is 2.24. The quantitative estimate of drug-likeness (QED) is 0.110. The number of benzene rings is 2. The van der Waals surface area contributed by atoms with Crippen molar-refractivity contribution < 1.29 is 0 Å². The van der Waals surface area contributed by atoms with E-state index in [0.29, 0.717) is 0 Å². The zero-order valence-corrected chi connectivity index (χ0v) is 26.3. The molecule has 0 fully saturated rings. The molecule has 0 unspecified atom stereocenters. The van der Waals surface area contributed by atoms with Gasteiger partial charge in [-0.25, -0.2) is 0 Å². The van der Waals surface area contributed by atoms with Crippen LogP contribution < -0.4 is 22.1 Å². The molecule has 0 aliphatic heterocycles. The summed E-state index contributed by atoms with van der Waals surface area (Å²) < 4.78 is 0. The van der Waals surface area contributed by atoms with Gasteiger partial charge in [0.1, 0.15) is 0 Å². The average Bonchev–Trinajstić information content (AvgIpc) is 2.86. The van der Waals surface area contributed by atoms with Gasteiger partial charge in [-0.2, -0.15) is 0 Å². The van der Waals surface area contributed by atoms with E-state index in [-0.39, 0.29) is 55.2 Å². The lowest BCUT2D eigenvalue weighted by Gasteiger charge is -2.30. The van der Waals surface area contributed by atoms with E-state index in [4.69, 9.17) is 11.5 Å². The van der Waals surface area contributed by atoms with E-state index in [1.54, 1.807) is 0 Å². The topological polar surface area (TPSA) is 76.1 Å². The zero-order valence-electron chi connectivity index (χ0n) is 23.1. The molecule has 0 aromatic heterocycles. The Morgan fingerprint density at radius 1 is 0.500 bits per heavy atom. The van der Waals surface area contributed by atoms with Crippen LogP contribution in [-0.4, -0.2) is 25.2 Å². The molecule has 0 atom stereocenters. The molecule has 2 aromatic rings. The first-order chi connectivity index (χ1) is 16.7. The number of hydrogen-bond acceptors (Lipinski definition) is 4. The monoisotopic (exact) mass is 610 g/mol. The highest BCUT2D eigenvalue weighted by atomic mass is 35.5. The van der Waals surface area contributed by atoms with Gasteiger partial charge in [-0.05, 0) is 69.3 Å². The lowest BCUT2D eigenvalue weighted by atomic mass is 9.84. The lowest BCUT2D eigenvalue weighted by Crippen LogP contribution is -2.41. The fourth-order valence-electron chi connectivity index (χ4n) is 4.67. The van der Waals surface area contributed by atoms with Gasteiger partial charge >= 0.3 is 0 Å². The molecule has 2 rings (SSSR count). The molecule has 0 saturated carbocycles. The number of nitrogens with two attached hydrogens (primary N) is 2. The summed E-state index contributed by atoms with van der Waals surface area (Å²) >= 11 is 0. The van der Waals surface area contributed by atoms with E-state index in [1.165, 1.54) is 56.1 Å². The van der Waals surface area contributed by atoms with Crippen LogP contribution in [0.1, 0.15) is 88.2 Å². The van der Waals surface area contributed by atoms with Gasteiger partial charge in [0.05, 0.1) is 0 Å². The predicted octanol–water partition coefficient (Wildman–Crippen LogP) is 7.59. The lowest BCUT2D eigenvalue weighted by molar-refractivity contribution is 0.307. The Morgan fingerprint density at radius 2 is 0.868 bits per heavy atom. The maximum Gasteiger partial charge on any atom is 0.0205 e. The highest BCUT2D eigenvalue weighted by Gasteiger charge is 2.23. The molecular weight excluding hydrogens is 558 g/mol. The van der Waals surface area contributed by atoms with Crippen molar-refractivity contribution in [2.45, 2.75) is 95.7 Å². The van der Waals surface area contributed by atoms with Gasteiger partial charge in [0.25, 0.3) is 0 Å². The Morgan fingerprint density at radius 3 is 1.29 bits per heavy atom. The van der Waals surface area contributed by atoms with E-state index in [9.17, 15) is 0 Å². The summed E-state index contributed by atoms with van der Waals surface area (Å²) in [6, 6.07) is 21.3.